The van der Waals surface area contributed by atoms with Crippen molar-refractivity contribution >= 4 is 22.8 Å². The monoisotopic (exact) mass is 381 g/mol. The Hall–Kier alpha value is -3.55. The van der Waals surface area contributed by atoms with Crippen molar-refractivity contribution in [3.05, 3.63) is 53.7 Å². The standard InChI is InChI=1S/C20H19N3O5/c24-18(12-28-20(25)19-14-3-1-2-4-15(14)22-23-19)21-8-7-13-5-6-16-17(11-13)27-10-9-26-16/h1-6,11H,7-10,12H2,(H,21,24)(H,22,23). The lowest BCUT2D eigenvalue weighted by Crippen LogP contribution is -2.30. The van der Waals surface area contributed by atoms with Gasteiger partial charge >= 0.3 is 5.97 Å². The molecule has 0 radical (unpaired) electrons. The summed E-state index contributed by atoms with van der Waals surface area (Å²) in [6, 6.07) is 12.9. The average molecular weight is 381 g/mol. The molecule has 1 aliphatic rings. The molecule has 0 unspecified atom stereocenters. The number of carbonyl (C=O) groups excluding carboxylic acids is 2. The van der Waals surface area contributed by atoms with Gasteiger partial charge in [0.25, 0.3) is 5.91 Å². The van der Waals surface area contributed by atoms with Crippen molar-refractivity contribution in [2.75, 3.05) is 26.4 Å². The number of rotatable bonds is 6. The van der Waals surface area contributed by atoms with Gasteiger partial charge in [-0.1, -0.05) is 24.3 Å². The first-order valence-corrected chi connectivity index (χ1v) is 8.96. The van der Waals surface area contributed by atoms with Crippen LogP contribution in [0.1, 0.15) is 16.1 Å². The van der Waals surface area contributed by atoms with E-state index in [-0.39, 0.29) is 18.2 Å². The van der Waals surface area contributed by atoms with Gasteiger partial charge in [0.2, 0.25) is 0 Å². The number of aromatic amines is 1. The lowest BCUT2D eigenvalue weighted by atomic mass is 10.1. The zero-order valence-electron chi connectivity index (χ0n) is 15.1. The Morgan fingerprint density at radius 1 is 1.11 bits per heavy atom. The largest absolute Gasteiger partial charge is 0.486 e. The summed E-state index contributed by atoms with van der Waals surface area (Å²) in [5.74, 6) is 0.442. The van der Waals surface area contributed by atoms with Crippen LogP contribution in [-0.4, -0.2) is 48.4 Å². The first kappa shape index (κ1) is 17.8. The van der Waals surface area contributed by atoms with E-state index in [9.17, 15) is 9.59 Å². The van der Waals surface area contributed by atoms with Gasteiger partial charge in [0, 0.05) is 11.9 Å². The zero-order valence-corrected chi connectivity index (χ0v) is 15.1. The van der Waals surface area contributed by atoms with Gasteiger partial charge in [-0.05, 0) is 30.2 Å². The predicted octanol–water partition coefficient (Wildman–Crippen LogP) is 1.85. The number of benzene rings is 2. The van der Waals surface area contributed by atoms with Gasteiger partial charge in [0.15, 0.2) is 23.8 Å². The van der Waals surface area contributed by atoms with Gasteiger partial charge in [0.1, 0.15) is 13.2 Å². The molecule has 0 saturated carbocycles. The number of amides is 1. The van der Waals surface area contributed by atoms with E-state index >= 15 is 0 Å². The molecule has 0 aliphatic carbocycles. The molecule has 8 heteroatoms. The number of nitrogens with one attached hydrogen (secondary N) is 2. The van der Waals surface area contributed by atoms with Crippen LogP contribution in [0.4, 0.5) is 0 Å². The molecular formula is C20H19N3O5. The summed E-state index contributed by atoms with van der Waals surface area (Å²) >= 11 is 0. The Kier molecular flexibility index (Phi) is 5.09. The minimum Gasteiger partial charge on any atom is -0.486 e. The molecule has 0 atom stereocenters. The van der Waals surface area contributed by atoms with Gasteiger partial charge in [-0.15, -0.1) is 0 Å². The normalized spacial score (nSPS) is 12.6. The van der Waals surface area contributed by atoms with Crippen LogP contribution in [0.3, 0.4) is 0 Å². The predicted molar refractivity (Wildman–Crippen MR) is 101 cm³/mol. The second-order valence-corrected chi connectivity index (χ2v) is 6.27. The van der Waals surface area contributed by atoms with Crippen molar-refractivity contribution in [3.63, 3.8) is 0 Å². The van der Waals surface area contributed by atoms with Crippen LogP contribution in [0, 0.1) is 0 Å². The number of aromatic nitrogens is 2. The van der Waals surface area contributed by atoms with Crippen molar-refractivity contribution in [2.24, 2.45) is 0 Å². The SMILES string of the molecule is O=C(COC(=O)c1n[nH]c2ccccc12)NCCc1ccc2c(c1)OCCO2. The summed E-state index contributed by atoms with van der Waals surface area (Å²) < 4.78 is 16.1. The summed E-state index contributed by atoms with van der Waals surface area (Å²) in [5.41, 5.74) is 1.92. The molecule has 0 fully saturated rings. The third-order valence-corrected chi connectivity index (χ3v) is 4.34. The molecule has 0 spiro atoms. The molecule has 28 heavy (non-hydrogen) atoms. The third-order valence-electron chi connectivity index (χ3n) is 4.34. The molecule has 0 saturated heterocycles. The molecule has 8 nitrogen and oxygen atoms in total. The number of carbonyl (C=O) groups is 2. The minimum atomic E-state index is -0.639. The first-order chi connectivity index (χ1) is 13.7. The van der Waals surface area contributed by atoms with E-state index in [1.54, 1.807) is 12.1 Å². The number of nitrogens with zero attached hydrogens (tertiary/aromatic N) is 1. The fraction of sp³-hybridized carbons (Fsp3) is 0.250. The van der Waals surface area contributed by atoms with Crippen LogP contribution in [0.15, 0.2) is 42.5 Å². The summed E-state index contributed by atoms with van der Waals surface area (Å²) in [6.45, 7) is 1.14. The molecule has 3 aromatic rings. The van der Waals surface area contributed by atoms with Crippen molar-refractivity contribution in [2.45, 2.75) is 6.42 Å². The van der Waals surface area contributed by atoms with Crippen LogP contribution in [-0.2, 0) is 16.0 Å². The van der Waals surface area contributed by atoms with Gasteiger partial charge in [-0.25, -0.2) is 4.79 Å². The number of hydrogen-bond donors (Lipinski definition) is 2. The van der Waals surface area contributed by atoms with Crippen LogP contribution in [0.25, 0.3) is 10.9 Å². The van der Waals surface area contributed by atoms with Gasteiger partial charge in [0.05, 0.1) is 5.52 Å². The molecule has 1 aliphatic heterocycles. The van der Waals surface area contributed by atoms with Crippen LogP contribution >= 0.6 is 0 Å². The van der Waals surface area contributed by atoms with Crippen LogP contribution in [0.5, 0.6) is 11.5 Å². The van der Waals surface area contributed by atoms with Crippen molar-refractivity contribution < 1.29 is 23.8 Å². The Morgan fingerprint density at radius 3 is 2.82 bits per heavy atom. The van der Waals surface area contributed by atoms with Gasteiger partial charge < -0.3 is 19.5 Å². The topological polar surface area (TPSA) is 103 Å². The number of esters is 1. The summed E-state index contributed by atoms with van der Waals surface area (Å²) in [5, 5.41) is 10.1. The highest BCUT2D eigenvalue weighted by Crippen LogP contribution is 2.30. The molecule has 2 heterocycles. The maximum Gasteiger partial charge on any atom is 0.359 e. The molecule has 1 amide bonds. The van der Waals surface area contributed by atoms with Gasteiger partial charge in [-0.3, -0.25) is 9.89 Å². The summed E-state index contributed by atoms with van der Waals surface area (Å²) in [4.78, 5) is 24.1. The smallest absolute Gasteiger partial charge is 0.359 e. The van der Waals surface area contributed by atoms with E-state index in [1.165, 1.54) is 0 Å². The number of hydrogen-bond acceptors (Lipinski definition) is 6. The van der Waals surface area contributed by atoms with E-state index in [0.29, 0.717) is 31.6 Å². The Morgan fingerprint density at radius 2 is 1.93 bits per heavy atom. The summed E-state index contributed by atoms with van der Waals surface area (Å²) in [7, 11) is 0. The maximum absolute atomic E-state index is 12.1. The molecule has 2 aromatic carbocycles. The van der Waals surface area contributed by atoms with E-state index in [1.807, 2.05) is 30.3 Å². The summed E-state index contributed by atoms with van der Waals surface area (Å²) in [6.07, 6.45) is 0.625. The van der Waals surface area contributed by atoms with Crippen molar-refractivity contribution in [3.8, 4) is 11.5 Å². The molecule has 144 valence electrons. The van der Waals surface area contributed by atoms with Crippen LogP contribution in [0.2, 0.25) is 0 Å². The van der Waals surface area contributed by atoms with Gasteiger partial charge in [-0.2, -0.15) is 5.10 Å². The fourth-order valence-electron chi connectivity index (χ4n) is 2.96. The molecule has 1 aromatic heterocycles. The van der Waals surface area contributed by atoms with E-state index < -0.39 is 5.97 Å². The highest BCUT2D eigenvalue weighted by molar-refractivity contribution is 6.02. The molecule has 2 N–H and O–H groups in total. The fourth-order valence-corrected chi connectivity index (χ4v) is 2.96. The number of fused-ring (bicyclic) bond motifs is 2. The van der Waals surface area contributed by atoms with Crippen molar-refractivity contribution in [1.82, 2.24) is 15.5 Å². The van der Waals surface area contributed by atoms with E-state index in [0.717, 1.165) is 22.6 Å². The second kappa shape index (κ2) is 7.99. The Labute approximate surface area is 160 Å². The Balaban J connectivity index is 1.24. The quantitative estimate of drug-likeness (QED) is 0.632. The number of ether oxygens (including phenoxy) is 3. The molecule has 0 bridgehead atoms. The molecular weight excluding hydrogens is 362 g/mol. The average Bonchev–Trinajstić information content (AvgIpc) is 3.16. The van der Waals surface area contributed by atoms with Crippen molar-refractivity contribution in [1.29, 1.82) is 0 Å². The second-order valence-electron chi connectivity index (χ2n) is 6.27. The lowest BCUT2D eigenvalue weighted by molar-refractivity contribution is -0.124. The minimum absolute atomic E-state index is 0.166. The zero-order chi connectivity index (χ0) is 19.3. The third kappa shape index (κ3) is 3.90. The van der Waals surface area contributed by atoms with E-state index in [4.69, 9.17) is 14.2 Å². The Bertz CT molecular complexity index is 1010. The highest BCUT2D eigenvalue weighted by atomic mass is 16.6. The lowest BCUT2D eigenvalue weighted by Gasteiger charge is -2.18. The maximum atomic E-state index is 12.1. The highest BCUT2D eigenvalue weighted by Gasteiger charge is 2.16. The van der Waals surface area contributed by atoms with Crippen LogP contribution < -0.4 is 14.8 Å². The molecule has 4 rings (SSSR count). The van der Waals surface area contributed by atoms with E-state index in [2.05, 4.69) is 15.5 Å². The number of H-pyrrole nitrogens is 1. The number of para-hydroxylation sites is 1. The first-order valence-electron chi connectivity index (χ1n) is 8.96.